The van der Waals surface area contributed by atoms with E-state index < -0.39 is 0 Å². The molecule has 2 atom stereocenters. The minimum absolute atomic E-state index is 0.0537. The zero-order valence-corrected chi connectivity index (χ0v) is 15.7. The van der Waals surface area contributed by atoms with Crippen molar-refractivity contribution in [3.63, 3.8) is 0 Å². The van der Waals surface area contributed by atoms with E-state index in [1.807, 2.05) is 4.90 Å². The van der Waals surface area contributed by atoms with Crippen molar-refractivity contribution in [3.8, 4) is 0 Å². The summed E-state index contributed by atoms with van der Waals surface area (Å²) in [7, 11) is 0. The van der Waals surface area contributed by atoms with Gasteiger partial charge in [-0.25, -0.2) is 0 Å². The van der Waals surface area contributed by atoms with E-state index in [2.05, 4.69) is 36.5 Å². The highest BCUT2D eigenvalue weighted by Crippen LogP contribution is 2.37. The maximum atomic E-state index is 13.3. The monoisotopic (exact) mass is 354 g/mol. The Morgan fingerprint density at radius 2 is 1.77 bits per heavy atom. The van der Waals surface area contributed by atoms with Crippen LogP contribution in [0.15, 0.2) is 24.3 Å². The van der Waals surface area contributed by atoms with Crippen LogP contribution in [0, 0.1) is 18.8 Å². The number of nitrogens with zero attached hydrogens (tertiary/aromatic N) is 1. The van der Waals surface area contributed by atoms with Gasteiger partial charge in [0.15, 0.2) is 0 Å². The molecule has 2 unspecified atom stereocenters. The molecule has 2 saturated carbocycles. The molecule has 4 heteroatoms. The molecule has 4 nitrogen and oxygen atoms in total. The second-order valence-corrected chi connectivity index (χ2v) is 8.46. The van der Waals surface area contributed by atoms with Crippen LogP contribution in [-0.4, -0.2) is 29.3 Å². The van der Waals surface area contributed by atoms with Gasteiger partial charge in [0.2, 0.25) is 11.8 Å². The SMILES string of the molecule is Cc1cccc(C2CCC(C(=O)NC3CC3)CN2C(=O)C2CCCC2)c1. The van der Waals surface area contributed by atoms with Crippen LogP contribution in [0.1, 0.15) is 68.5 Å². The number of carbonyl (C=O) groups is 2. The molecule has 1 aromatic rings. The number of rotatable bonds is 4. The lowest BCUT2D eigenvalue weighted by molar-refractivity contribution is -0.142. The first-order chi connectivity index (χ1) is 12.6. The third kappa shape index (κ3) is 3.79. The lowest BCUT2D eigenvalue weighted by Crippen LogP contribution is -2.48. The molecule has 26 heavy (non-hydrogen) atoms. The van der Waals surface area contributed by atoms with Gasteiger partial charge in [-0.15, -0.1) is 0 Å². The van der Waals surface area contributed by atoms with Crippen LogP contribution in [0.2, 0.25) is 0 Å². The van der Waals surface area contributed by atoms with Gasteiger partial charge in [-0.05, 0) is 51.0 Å². The number of hydrogen-bond donors (Lipinski definition) is 1. The second kappa shape index (κ2) is 7.42. The molecule has 1 aromatic carbocycles. The average molecular weight is 354 g/mol. The number of benzene rings is 1. The third-order valence-electron chi connectivity index (χ3n) is 6.29. The highest BCUT2D eigenvalue weighted by Gasteiger charge is 2.39. The molecular formula is C22H30N2O2. The van der Waals surface area contributed by atoms with Crippen LogP contribution in [0.3, 0.4) is 0 Å². The van der Waals surface area contributed by atoms with E-state index in [4.69, 9.17) is 0 Å². The van der Waals surface area contributed by atoms with Crippen molar-refractivity contribution in [1.82, 2.24) is 10.2 Å². The zero-order chi connectivity index (χ0) is 18.1. The molecule has 3 fully saturated rings. The normalized spacial score (nSPS) is 26.7. The van der Waals surface area contributed by atoms with Gasteiger partial charge in [0.25, 0.3) is 0 Å². The van der Waals surface area contributed by atoms with E-state index in [0.717, 1.165) is 51.4 Å². The molecule has 1 aliphatic heterocycles. The van der Waals surface area contributed by atoms with E-state index in [-0.39, 0.29) is 29.7 Å². The van der Waals surface area contributed by atoms with Crippen molar-refractivity contribution in [2.24, 2.45) is 11.8 Å². The number of piperidine rings is 1. The third-order valence-corrected chi connectivity index (χ3v) is 6.29. The number of carbonyl (C=O) groups excluding carboxylic acids is 2. The van der Waals surface area contributed by atoms with Crippen molar-refractivity contribution in [1.29, 1.82) is 0 Å². The Labute approximate surface area is 156 Å². The molecule has 2 aliphatic carbocycles. The van der Waals surface area contributed by atoms with E-state index in [1.165, 1.54) is 11.1 Å². The van der Waals surface area contributed by atoms with Gasteiger partial charge < -0.3 is 10.2 Å². The first kappa shape index (κ1) is 17.6. The molecule has 4 rings (SSSR count). The van der Waals surface area contributed by atoms with Crippen LogP contribution in [0.5, 0.6) is 0 Å². The number of nitrogens with one attached hydrogen (secondary N) is 1. The summed E-state index contributed by atoms with van der Waals surface area (Å²) >= 11 is 0. The van der Waals surface area contributed by atoms with Crippen LogP contribution in [0.4, 0.5) is 0 Å². The lowest BCUT2D eigenvalue weighted by atomic mass is 9.86. The van der Waals surface area contributed by atoms with Crippen LogP contribution in [0.25, 0.3) is 0 Å². The van der Waals surface area contributed by atoms with Crippen molar-refractivity contribution >= 4 is 11.8 Å². The number of aryl methyl sites for hydroxylation is 1. The van der Waals surface area contributed by atoms with E-state index in [9.17, 15) is 9.59 Å². The molecule has 2 amide bonds. The van der Waals surface area contributed by atoms with E-state index in [0.29, 0.717) is 12.6 Å². The van der Waals surface area contributed by atoms with Crippen molar-refractivity contribution in [3.05, 3.63) is 35.4 Å². The van der Waals surface area contributed by atoms with Gasteiger partial charge in [-0.2, -0.15) is 0 Å². The summed E-state index contributed by atoms with van der Waals surface area (Å²) in [5.41, 5.74) is 2.45. The number of likely N-dealkylation sites (tertiary alicyclic amines) is 1. The second-order valence-electron chi connectivity index (χ2n) is 8.46. The van der Waals surface area contributed by atoms with Gasteiger partial charge in [-0.1, -0.05) is 42.7 Å². The molecule has 1 N–H and O–H groups in total. The lowest BCUT2D eigenvalue weighted by Gasteiger charge is -2.41. The van der Waals surface area contributed by atoms with Crippen molar-refractivity contribution in [2.45, 2.75) is 70.4 Å². The molecule has 140 valence electrons. The zero-order valence-electron chi connectivity index (χ0n) is 15.7. The summed E-state index contributed by atoms with van der Waals surface area (Å²) in [6.45, 7) is 2.67. The molecule has 3 aliphatic rings. The summed E-state index contributed by atoms with van der Waals surface area (Å²) in [5.74, 6) is 0.534. The smallest absolute Gasteiger partial charge is 0.226 e. The standard InChI is InChI=1S/C22H30N2O2/c1-15-5-4-8-17(13-15)20-12-9-18(21(25)23-19-10-11-19)14-24(20)22(26)16-6-2-3-7-16/h4-5,8,13,16,18-20H,2-3,6-7,9-12,14H2,1H3,(H,23,25). The molecule has 0 bridgehead atoms. The maximum Gasteiger partial charge on any atom is 0.226 e. The quantitative estimate of drug-likeness (QED) is 0.895. The van der Waals surface area contributed by atoms with Gasteiger partial charge >= 0.3 is 0 Å². The maximum absolute atomic E-state index is 13.3. The molecular weight excluding hydrogens is 324 g/mol. The summed E-state index contributed by atoms with van der Waals surface area (Å²) < 4.78 is 0. The van der Waals surface area contributed by atoms with Gasteiger partial charge in [0.1, 0.15) is 0 Å². The Hall–Kier alpha value is -1.84. The van der Waals surface area contributed by atoms with E-state index in [1.54, 1.807) is 0 Å². The first-order valence-corrected chi connectivity index (χ1v) is 10.3. The average Bonchev–Trinajstić information content (AvgIpc) is 3.29. The highest BCUT2D eigenvalue weighted by atomic mass is 16.2. The Morgan fingerprint density at radius 1 is 1.00 bits per heavy atom. The fourth-order valence-corrected chi connectivity index (χ4v) is 4.61. The number of hydrogen-bond acceptors (Lipinski definition) is 2. The summed E-state index contributed by atoms with van der Waals surface area (Å²) in [6.07, 6.45) is 8.29. The predicted octanol–water partition coefficient (Wildman–Crippen LogP) is 3.74. The van der Waals surface area contributed by atoms with Crippen molar-refractivity contribution < 1.29 is 9.59 Å². The Bertz CT molecular complexity index is 676. The Balaban J connectivity index is 1.54. The minimum Gasteiger partial charge on any atom is -0.353 e. The van der Waals surface area contributed by atoms with Gasteiger partial charge in [-0.3, -0.25) is 9.59 Å². The summed E-state index contributed by atoms with van der Waals surface area (Å²) in [6, 6.07) is 9.02. The minimum atomic E-state index is -0.0537. The summed E-state index contributed by atoms with van der Waals surface area (Å²) in [4.78, 5) is 27.9. The molecule has 0 aromatic heterocycles. The fraction of sp³-hybridized carbons (Fsp3) is 0.636. The van der Waals surface area contributed by atoms with Gasteiger partial charge in [0.05, 0.1) is 12.0 Å². The summed E-state index contributed by atoms with van der Waals surface area (Å²) in [5, 5.41) is 3.14. The van der Waals surface area contributed by atoms with Crippen LogP contribution < -0.4 is 5.32 Å². The fourth-order valence-electron chi connectivity index (χ4n) is 4.61. The molecule has 1 heterocycles. The van der Waals surface area contributed by atoms with Gasteiger partial charge in [0, 0.05) is 18.5 Å². The Kier molecular flexibility index (Phi) is 5.01. The topological polar surface area (TPSA) is 49.4 Å². The highest BCUT2D eigenvalue weighted by molar-refractivity contribution is 5.83. The molecule has 0 spiro atoms. The van der Waals surface area contributed by atoms with Crippen LogP contribution >= 0.6 is 0 Å². The molecule has 1 saturated heterocycles. The predicted molar refractivity (Wildman–Crippen MR) is 101 cm³/mol. The first-order valence-electron chi connectivity index (χ1n) is 10.3. The Morgan fingerprint density at radius 3 is 2.46 bits per heavy atom. The molecule has 0 radical (unpaired) electrons. The number of amides is 2. The van der Waals surface area contributed by atoms with E-state index >= 15 is 0 Å². The van der Waals surface area contributed by atoms with Crippen LogP contribution in [-0.2, 0) is 9.59 Å². The van der Waals surface area contributed by atoms with Crippen molar-refractivity contribution in [2.75, 3.05) is 6.54 Å². The largest absolute Gasteiger partial charge is 0.353 e.